The highest BCUT2D eigenvalue weighted by molar-refractivity contribution is 5.91. The SMILES string of the molecule is COc1cc2nc(-c3ccc(CC(=O)Nc4cc(C5(C(F)(F)F)CC5)on4)c(F)c3)cnc2cc1CCCO. The zero-order chi connectivity index (χ0) is 27.8. The number of hydrogen-bond donors (Lipinski definition) is 2. The molecule has 2 N–H and O–H groups in total. The standard InChI is InChI=1S/C27H24F4N4O4/c1-38-22-12-20-19(10-17(22)3-2-8-36)32-14-21(33-20)16-5-4-15(18(28)9-16)11-25(37)34-24-13-23(39-35-24)26(6-7-26)27(29,30)31/h4-5,9-10,12-14,36H,2-3,6-8,11H2,1H3,(H,34,35,37). The van der Waals surface area contributed by atoms with E-state index in [1.807, 2.05) is 6.07 Å². The van der Waals surface area contributed by atoms with Gasteiger partial charge in [0.05, 0.1) is 36.5 Å². The molecule has 204 valence electrons. The molecule has 0 spiro atoms. The number of aliphatic hydroxyl groups is 1. The monoisotopic (exact) mass is 544 g/mol. The van der Waals surface area contributed by atoms with Gasteiger partial charge in [-0.25, -0.2) is 9.37 Å². The average Bonchev–Trinajstić information content (AvgIpc) is 3.61. The molecule has 0 bridgehead atoms. The third-order valence-corrected chi connectivity index (χ3v) is 6.79. The van der Waals surface area contributed by atoms with Gasteiger partial charge in [-0.2, -0.15) is 13.2 Å². The van der Waals surface area contributed by atoms with Gasteiger partial charge in [0.15, 0.2) is 11.6 Å². The first kappa shape index (κ1) is 26.5. The number of methoxy groups -OCH3 is 1. The largest absolute Gasteiger partial charge is 0.496 e. The number of amides is 1. The van der Waals surface area contributed by atoms with Gasteiger partial charge < -0.3 is 19.7 Å². The Hall–Kier alpha value is -4.06. The highest BCUT2D eigenvalue weighted by Gasteiger charge is 2.66. The molecule has 1 fully saturated rings. The molecule has 12 heteroatoms. The van der Waals surface area contributed by atoms with Gasteiger partial charge in [-0.3, -0.25) is 9.78 Å². The summed E-state index contributed by atoms with van der Waals surface area (Å²) >= 11 is 0. The highest BCUT2D eigenvalue weighted by atomic mass is 19.4. The number of ether oxygens (including phenoxy) is 1. The molecule has 0 atom stereocenters. The zero-order valence-electron chi connectivity index (χ0n) is 20.8. The Balaban J connectivity index is 1.29. The van der Waals surface area contributed by atoms with E-state index >= 15 is 0 Å². The van der Waals surface area contributed by atoms with Crippen LogP contribution in [0.15, 0.2) is 47.1 Å². The lowest BCUT2D eigenvalue weighted by Gasteiger charge is -2.14. The van der Waals surface area contributed by atoms with Gasteiger partial charge in [0, 0.05) is 24.3 Å². The summed E-state index contributed by atoms with van der Waals surface area (Å²) < 4.78 is 65.0. The molecule has 1 aliphatic carbocycles. The van der Waals surface area contributed by atoms with Crippen molar-refractivity contribution >= 4 is 22.8 Å². The maximum Gasteiger partial charge on any atom is 0.401 e. The van der Waals surface area contributed by atoms with Gasteiger partial charge in [-0.05, 0) is 48.9 Å². The number of hydrogen-bond acceptors (Lipinski definition) is 7. The third kappa shape index (κ3) is 5.29. The van der Waals surface area contributed by atoms with E-state index in [4.69, 9.17) is 14.4 Å². The first-order valence-electron chi connectivity index (χ1n) is 12.2. The Bertz CT molecular complexity index is 1530. The molecule has 5 rings (SSSR count). The molecule has 2 aromatic carbocycles. The Morgan fingerprint density at radius 2 is 1.95 bits per heavy atom. The summed E-state index contributed by atoms with van der Waals surface area (Å²) in [7, 11) is 1.54. The second kappa shape index (κ2) is 10.3. The van der Waals surface area contributed by atoms with E-state index in [2.05, 4.69) is 20.4 Å². The molecular formula is C27H24F4N4O4. The van der Waals surface area contributed by atoms with E-state index in [1.165, 1.54) is 18.3 Å². The Labute approximate surface area is 220 Å². The van der Waals surface area contributed by atoms with Crippen LogP contribution in [0.1, 0.15) is 36.1 Å². The number of aliphatic hydroxyl groups excluding tert-OH is 1. The molecule has 1 aliphatic rings. The summed E-state index contributed by atoms with van der Waals surface area (Å²) in [5, 5.41) is 15.0. The molecule has 2 heterocycles. The fraction of sp³-hybridized carbons (Fsp3) is 0.333. The summed E-state index contributed by atoms with van der Waals surface area (Å²) in [6.45, 7) is 0.0543. The summed E-state index contributed by atoms with van der Waals surface area (Å²) in [5.74, 6) is -1.22. The molecule has 4 aromatic rings. The van der Waals surface area contributed by atoms with Crippen LogP contribution >= 0.6 is 0 Å². The van der Waals surface area contributed by atoms with E-state index in [9.17, 15) is 22.4 Å². The average molecular weight is 545 g/mol. The second-order valence-electron chi connectivity index (χ2n) is 9.42. The number of nitrogens with one attached hydrogen (secondary N) is 1. The van der Waals surface area contributed by atoms with Gasteiger partial charge in [-0.1, -0.05) is 17.3 Å². The first-order valence-corrected chi connectivity index (χ1v) is 12.2. The maximum absolute atomic E-state index is 14.9. The van der Waals surface area contributed by atoms with Crippen LogP contribution in [0, 0.1) is 5.82 Å². The number of carbonyl (C=O) groups excluding carboxylic acids is 1. The molecule has 0 saturated heterocycles. The minimum atomic E-state index is -4.47. The quantitative estimate of drug-likeness (QED) is 0.281. The summed E-state index contributed by atoms with van der Waals surface area (Å²) in [5.41, 5.74) is 0.950. The van der Waals surface area contributed by atoms with Crippen molar-refractivity contribution in [1.29, 1.82) is 0 Å². The van der Waals surface area contributed by atoms with E-state index in [1.54, 1.807) is 19.2 Å². The van der Waals surface area contributed by atoms with E-state index < -0.39 is 23.3 Å². The smallest absolute Gasteiger partial charge is 0.401 e. The lowest BCUT2D eigenvalue weighted by atomic mass is 10.0. The number of anilines is 1. The van der Waals surface area contributed by atoms with Gasteiger partial charge in [0.2, 0.25) is 5.91 Å². The fourth-order valence-corrected chi connectivity index (χ4v) is 4.44. The predicted molar refractivity (Wildman–Crippen MR) is 133 cm³/mol. The molecule has 0 aliphatic heterocycles. The number of aromatic nitrogens is 3. The minimum absolute atomic E-state index is 0.0543. The molecule has 2 aromatic heterocycles. The topological polar surface area (TPSA) is 110 Å². The van der Waals surface area contributed by atoms with Crippen molar-refractivity contribution in [2.24, 2.45) is 0 Å². The van der Waals surface area contributed by atoms with E-state index in [0.29, 0.717) is 40.9 Å². The Morgan fingerprint density at radius 3 is 2.62 bits per heavy atom. The van der Waals surface area contributed by atoms with E-state index in [-0.39, 0.29) is 43.0 Å². The first-order chi connectivity index (χ1) is 18.6. The molecule has 1 saturated carbocycles. The Kier molecular flexibility index (Phi) is 6.98. The summed E-state index contributed by atoms with van der Waals surface area (Å²) in [6, 6.07) is 8.91. The number of fused-ring (bicyclic) bond motifs is 1. The summed E-state index contributed by atoms with van der Waals surface area (Å²) in [4.78, 5) is 21.4. The number of alkyl halides is 3. The molecule has 8 nitrogen and oxygen atoms in total. The number of benzene rings is 2. The number of nitrogens with zero attached hydrogens (tertiary/aromatic N) is 3. The lowest BCUT2D eigenvalue weighted by molar-refractivity contribution is -0.165. The van der Waals surface area contributed by atoms with Crippen molar-refractivity contribution in [3.8, 4) is 17.0 Å². The van der Waals surface area contributed by atoms with Crippen LogP contribution in [0.5, 0.6) is 5.75 Å². The van der Waals surface area contributed by atoms with Crippen molar-refractivity contribution in [2.45, 2.75) is 43.7 Å². The fourth-order valence-electron chi connectivity index (χ4n) is 4.44. The third-order valence-electron chi connectivity index (χ3n) is 6.79. The van der Waals surface area contributed by atoms with Crippen LogP contribution in [0.4, 0.5) is 23.4 Å². The predicted octanol–water partition coefficient (Wildman–Crippen LogP) is 5.13. The number of halogens is 4. The number of carbonyl (C=O) groups is 1. The van der Waals surface area contributed by atoms with Gasteiger partial charge >= 0.3 is 6.18 Å². The minimum Gasteiger partial charge on any atom is -0.496 e. The van der Waals surface area contributed by atoms with Crippen LogP contribution in [0.25, 0.3) is 22.3 Å². The second-order valence-corrected chi connectivity index (χ2v) is 9.42. The van der Waals surface area contributed by atoms with E-state index in [0.717, 1.165) is 11.6 Å². The van der Waals surface area contributed by atoms with Crippen LogP contribution in [0.3, 0.4) is 0 Å². The van der Waals surface area contributed by atoms with Crippen LogP contribution < -0.4 is 10.1 Å². The van der Waals surface area contributed by atoms with Crippen LogP contribution in [0.2, 0.25) is 0 Å². The molecule has 0 radical (unpaired) electrons. The van der Waals surface area contributed by atoms with Crippen LogP contribution in [-0.2, 0) is 23.1 Å². The number of rotatable bonds is 9. The highest BCUT2D eigenvalue weighted by Crippen LogP contribution is 2.59. The van der Waals surface area contributed by atoms with Crippen LogP contribution in [-0.4, -0.2) is 46.0 Å². The number of aryl methyl sites for hydroxylation is 1. The van der Waals surface area contributed by atoms with Crippen molar-refractivity contribution in [2.75, 3.05) is 19.0 Å². The van der Waals surface area contributed by atoms with Gasteiger partial charge in [-0.15, -0.1) is 0 Å². The maximum atomic E-state index is 14.9. The normalized spacial score (nSPS) is 14.4. The van der Waals surface area contributed by atoms with Gasteiger partial charge in [0.1, 0.15) is 17.0 Å². The lowest BCUT2D eigenvalue weighted by Crippen LogP contribution is -2.28. The van der Waals surface area contributed by atoms with Crippen molar-refractivity contribution in [3.63, 3.8) is 0 Å². The molecule has 39 heavy (non-hydrogen) atoms. The zero-order valence-corrected chi connectivity index (χ0v) is 20.8. The summed E-state index contributed by atoms with van der Waals surface area (Å²) in [6.07, 6.45) is -2.32. The Morgan fingerprint density at radius 1 is 1.15 bits per heavy atom. The van der Waals surface area contributed by atoms with Gasteiger partial charge in [0.25, 0.3) is 0 Å². The molecule has 0 unspecified atom stereocenters. The molecule has 1 amide bonds. The van der Waals surface area contributed by atoms with Crippen molar-refractivity contribution in [3.05, 3.63) is 65.3 Å². The van der Waals surface area contributed by atoms with Crippen molar-refractivity contribution in [1.82, 2.24) is 15.1 Å². The van der Waals surface area contributed by atoms with Crippen molar-refractivity contribution < 1.29 is 36.7 Å². The molecular weight excluding hydrogens is 520 g/mol.